The van der Waals surface area contributed by atoms with Crippen LogP contribution in [0.25, 0.3) is 11.4 Å². The maximum Gasteiger partial charge on any atom is 0.416 e. The molecule has 0 aliphatic carbocycles. The van der Waals surface area contributed by atoms with E-state index in [-0.39, 0.29) is 23.7 Å². The van der Waals surface area contributed by atoms with Crippen molar-refractivity contribution in [3.8, 4) is 17.1 Å². The Morgan fingerprint density at radius 1 is 1.09 bits per heavy atom. The largest absolute Gasteiger partial charge is 0.434 e. The van der Waals surface area contributed by atoms with Crippen LogP contribution in [0, 0.1) is 0 Å². The summed E-state index contributed by atoms with van der Waals surface area (Å²) in [7, 11) is 0. The van der Waals surface area contributed by atoms with Crippen LogP contribution in [-0.2, 0) is 25.7 Å². The second-order valence-electron chi connectivity index (χ2n) is 7.36. The fraction of sp³-hybridized carbons (Fsp3) is 0.273. The van der Waals surface area contributed by atoms with Crippen LogP contribution in [0.3, 0.4) is 0 Å². The van der Waals surface area contributed by atoms with Crippen LogP contribution in [0.4, 0.5) is 22.0 Å². The number of rotatable bonds is 5. The number of nitrogens with zero attached hydrogens (tertiary/aromatic N) is 2. The number of hydrogen-bond acceptors (Lipinski definition) is 4. The average Bonchev–Trinajstić information content (AvgIpc) is 2.74. The second-order valence-corrected chi connectivity index (χ2v) is 7.36. The zero-order chi connectivity index (χ0) is 22.9. The molecule has 32 heavy (non-hydrogen) atoms. The van der Waals surface area contributed by atoms with Gasteiger partial charge in [0.15, 0.2) is 0 Å². The lowest BCUT2D eigenvalue weighted by molar-refractivity contribution is -0.137. The van der Waals surface area contributed by atoms with E-state index in [0.717, 1.165) is 12.1 Å². The van der Waals surface area contributed by atoms with Gasteiger partial charge in [0.05, 0.1) is 11.3 Å². The first-order chi connectivity index (χ1) is 15.2. The van der Waals surface area contributed by atoms with Gasteiger partial charge < -0.3 is 9.72 Å². The molecule has 3 aromatic rings. The first-order valence-electron chi connectivity index (χ1n) is 9.75. The van der Waals surface area contributed by atoms with Crippen molar-refractivity contribution in [2.75, 3.05) is 6.54 Å². The fourth-order valence-electron chi connectivity index (χ4n) is 3.67. The van der Waals surface area contributed by atoms with Crippen molar-refractivity contribution in [3.63, 3.8) is 0 Å². The van der Waals surface area contributed by atoms with Crippen LogP contribution in [0.5, 0.6) is 5.75 Å². The van der Waals surface area contributed by atoms with Crippen LogP contribution in [0.15, 0.2) is 53.3 Å². The van der Waals surface area contributed by atoms with E-state index in [0.29, 0.717) is 41.9 Å². The standard InChI is InChI=1S/C22H18F5N3O2/c23-21(24)32-18-4-2-1-3-14(18)11-30-10-9-16-17(12-30)28-19(29-20(16)31)13-5-7-15(8-6-13)22(25,26)27/h1-8,21H,9-12H2,(H,28,29,31). The van der Waals surface area contributed by atoms with Gasteiger partial charge in [0.25, 0.3) is 5.56 Å². The molecule has 0 unspecified atom stereocenters. The Bertz CT molecular complexity index is 1160. The van der Waals surface area contributed by atoms with Gasteiger partial charge in [-0.2, -0.15) is 22.0 Å². The topological polar surface area (TPSA) is 58.2 Å². The van der Waals surface area contributed by atoms with Crippen molar-refractivity contribution >= 4 is 0 Å². The molecule has 168 valence electrons. The maximum atomic E-state index is 12.8. The molecule has 0 atom stereocenters. The molecule has 0 amide bonds. The van der Waals surface area contributed by atoms with Crippen molar-refractivity contribution in [1.29, 1.82) is 0 Å². The summed E-state index contributed by atoms with van der Waals surface area (Å²) in [6, 6.07) is 10.8. The Balaban J connectivity index is 1.57. The number of hydrogen-bond donors (Lipinski definition) is 1. The molecule has 1 N–H and O–H groups in total. The molecule has 5 nitrogen and oxygen atoms in total. The Hall–Kier alpha value is -3.27. The number of ether oxygens (including phenoxy) is 1. The van der Waals surface area contributed by atoms with Crippen LogP contribution < -0.4 is 10.3 Å². The highest BCUT2D eigenvalue weighted by Gasteiger charge is 2.30. The smallest absolute Gasteiger partial charge is 0.416 e. The number of aromatic amines is 1. The second kappa shape index (κ2) is 8.70. The minimum atomic E-state index is -4.46. The van der Waals surface area contributed by atoms with Crippen molar-refractivity contribution in [2.45, 2.75) is 32.3 Å². The Labute approximate surface area is 179 Å². The number of halogens is 5. The molecule has 2 heterocycles. The highest BCUT2D eigenvalue weighted by Crippen LogP contribution is 2.30. The molecule has 1 aliphatic heterocycles. The third kappa shape index (κ3) is 4.80. The number of fused-ring (bicyclic) bond motifs is 1. The first-order valence-corrected chi connectivity index (χ1v) is 9.75. The van der Waals surface area contributed by atoms with Crippen molar-refractivity contribution in [1.82, 2.24) is 14.9 Å². The Morgan fingerprint density at radius 3 is 2.50 bits per heavy atom. The molecule has 0 saturated carbocycles. The van der Waals surface area contributed by atoms with Gasteiger partial charge in [-0.25, -0.2) is 4.98 Å². The molecule has 0 radical (unpaired) electrons. The van der Waals surface area contributed by atoms with Crippen LogP contribution in [-0.4, -0.2) is 28.0 Å². The fourth-order valence-corrected chi connectivity index (χ4v) is 3.67. The van der Waals surface area contributed by atoms with Gasteiger partial charge in [0, 0.05) is 36.3 Å². The molecular weight excluding hydrogens is 433 g/mol. The minimum Gasteiger partial charge on any atom is -0.434 e. The number of alkyl halides is 5. The predicted molar refractivity (Wildman–Crippen MR) is 106 cm³/mol. The summed E-state index contributed by atoms with van der Waals surface area (Å²) in [6.07, 6.45) is -4.05. The van der Waals surface area contributed by atoms with E-state index in [1.807, 2.05) is 4.90 Å². The molecule has 0 fully saturated rings. The van der Waals surface area contributed by atoms with E-state index < -0.39 is 18.4 Å². The summed E-state index contributed by atoms with van der Waals surface area (Å²) in [5.41, 5.74) is 0.800. The van der Waals surface area contributed by atoms with E-state index >= 15 is 0 Å². The summed E-state index contributed by atoms with van der Waals surface area (Å²) in [5.74, 6) is 0.253. The number of aromatic nitrogens is 2. The highest BCUT2D eigenvalue weighted by molar-refractivity contribution is 5.56. The minimum absolute atomic E-state index is 0.0811. The summed E-state index contributed by atoms with van der Waals surface area (Å²) in [5, 5.41) is 0. The summed E-state index contributed by atoms with van der Waals surface area (Å²) >= 11 is 0. The molecular formula is C22H18F5N3O2. The van der Waals surface area contributed by atoms with E-state index in [1.165, 1.54) is 18.2 Å². The third-order valence-electron chi connectivity index (χ3n) is 5.22. The molecule has 4 rings (SSSR count). The van der Waals surface area contributed by atoms with Crippen molar-refractivity contribution in [2.24, 2.45) is 0 Å². The Kier molecular flexibility index (Phi) is 5.96. The predicted octanol–water partition coefficient (Wildman–Crippen LogP) is 4.62. The third-order valence-corrected chi connectivity index (χ3v) is 5.22. The lowest BCUT2D eigenvalue weighted by atomic mass is 10.0. The zero-order valence-corrected chi connectivity index (χ0v) is 16.6. The molecule has 0 spiro atoms. The Morgan fingerprint density at radius 2 is 1.81 bits per heavy atom. The number of H-pyrrole nitrogens is 1. The number of para-hydroxylation sites is 1. The van der Waals surface area contributed by atoms with Gasteiger partial charge in [0.2, 0.25) is 0 Å². The average molecular weight is 451 g/mol. The summed E-state index contributed by atoms with van der Waals surface area (Å²) in [6.45, 7) is -1.83. The van der Waals surface area contributed by atoms with Crippen LogP contribution in [0.2, 0.25) is 0 Å². The van der Waals surface area contributed by atoms with E-state index in [4.69, 9.17) is 0 Å². The normalized spacial score (nSPS) is 14.4. The monoisotopic (exact) mass is 451 g/mol. The maximum absolute atomic E-state index is 12.8. The number of nitrogens with one attached hydrogen (secondary N) is 1. The van der Waals surface area contributed by atoms with Crippen LogP contribution in [0.1, 0.15) is 22.4 Å². The molecule has 10 heteroatoms. The van der Waals surface area contributed by atoms with Crippen molar-refractivity contribution < 1.29 is 26.7 Å². The first kappa shape index (κ1) is 21.9. The zero-order valence-electron chi connectivity index (χ0n) is 16.6. The van der Waals surface area contributed by atoms with Gasteiger partial charge in [0.1, 0.15) is 11.6 Å². The van der Waals surface area contributed by atoms with Gasteiger partial charge in [-0.3, -0.25) is 9.69 Å². The molecule has 0 bridgehead atoms. The molecule has 2 aromatic carbocycles. The van der Waals surface area contributed by atoms with Gasteiger partial charge >= 0.3 is 12.8 Å². The highest BCUT2D eigenvalue weighted by atomic mass is 19.4. The molecule has 0 saturated heterocycles. The van der Waals surface area contributed by atoms with Crippen molar-refractivity contribution in [3.05, 3.63) is 81.3 Å². The number of benzene rings is 2. The summed E-state index contributed by atoms with van der Waals surface area (Å²) < 4.78 is 68.3. The quantitative estimate of drug-likeness (QED) is 0.576. The van der Waals surface area contributed by atoms with E-state index in [2.05, 4.69) is 14.7 Å². The van der Waals surface area contributed by atoms with Crippen LogP contribution >= 0.6 is 0 Å². The molecule has 1 aromatic heterocycles. The lowest BCUT2D eigenvalue weighted by Crippen LogP contribution is -2.35. The van der Waals surface area contributed by atoms with Gasteiger partial charge in [-0.15, -0.1) is 0 Å². The SMILES string of the molecule is O=c1[nH]c(-c2ccc(C(F)(F)F)cc2)nc2c1CCN(Cc1ccccc1OC(F)F)C2. The van der Waals surface area contributed by atoms with E-state index in [9.17, 15) is 26.7 Å². The lowest BCUT2D eigenvalue weighted by Gasteiger charge is -2.28. The van der Waals surface area contributed by atoms with Gasteiger partial charge in [-0.1, -0.05) is 30.3 Å². The summed E-state index contributed by atoms with van der Waals surface area (Å²) in [4.78, 5) is 21.6. The van der Waals surface area contributed by atoms with E-state index in [1.54, 1.807) is 18.2 Å². The molecule has 1 aliphatic rings. The van der Waals surface area contributed by atoms with Gasteiger partial charge in [-0.05, 0) is 24.6 Å².